The maximum absolute atomic E-state index is 5.88. The minimum atomic E-state index is 0.309. The van der Waals surface area contributed by atoms with E-state index >= 15 is 0 Å². The molecule has 0 radical (unpaired) electrons. The number of benzene rings is 1. The SMILES string of the molecule is COCCNc1nc(N)n(-c2nc3ccccc3s2)n1. The number of nitrogen functional groups attached to an aromatic ring is 1. The Labute approximate surface area is 119 Å². The van der Waals surface area contributed by atoms with Crippen LogP contribution in [0.1, 0.15) is 0 Å². The lowest BCUT2D eigenvalue weighted by Crippen LogP contribution is -2.09. The Kier molecular flexibility index (Phi) is 3.48. The van der Waals surface area contributed by atoms with Crippen molar-refractivity contribution in [2.75, 3.05) is 31.3 Å². The molecule has 3 rings (SSSR count). The van der Waals surface area contributed by atoms with Crippen LogP contribution in [0.3, 0.4) is 0 Å². The summed E-state index contributed by atoms with van der Waals surface area (Å²) in [5.41, 5.74) is 6.81. The van der Waals surface area contributed by atoms with Gasteiger partial charge in [-0.2, -0.15) is 9.67 Å². The Bertz CT molecular complexity index is 689. The van der Waals surface area contributed by atoms with E-state index in [0.29, 0.717) is 30.2 Å². The molecule has 0 fully saturated rings. The molecular formula is C12H14N6OS. The Morgan fingerprint density at radius 1 is 1.35 bits per heavy atom. The van der Waals surface area contributed by atoms with Crippen molar-refractivity contribution in [1.29, 1.82) is 0 Å². The molecule has 2 aromatic heterocycles. The first kappa shape index (κ1) is 12.8. The van der Waals surface area contributed by atoms with E-state index < -0.39 is 0 Å². The van der Waals surface area contributed by atoms with Crippen molar-refractivity contribution in [2.24, 2.45) is 0 Å². The Hall–Kier alpha value is -2.19. The van der Waals surface area contributed by atoms with Gasteiger partial charge in [0.2, 0.25) is 17.0 Å². The smallest absolute Gasteiger partial charge is 0.244 e. The first-order valence-corrected chi connectivity index (χ1v) is 6.91. The summed E-state index contributed by atoms with van der Waals surface area (Å²) < 4.78 is 7.59. The van der Waals surface area contributed by atoms with Gasteiger partial charge in [0.15, 0.2) is 0 Å². The second kappa shape index (κ2) is 5.43. The van der Waals surface area contributed by atoms with Crippen molar-refractivity contribution in [3.05, 3.63) is 24.3 Å². The molecule has 0 unspecified atom stereocenters. The molecular weight excluding hydrogens is 276 g/mol. The number of nitrogens with zero attached hydrogens (tertiary/aromatic N) is 4. The fraction of sp³-hybridized carbons (Fsp3) is 0.250. The zero-order valence-corrected chi connectivity index (χ0v) is 11.7. The summed E-state index contributed by atoms with van der Waals surface area (Å²) in [4.78, 5) is 8.66. The van der Waals surface area contributed by atoms with Crippen LogP contribution < -0.4 is 11.1 Å². The van der Waals surface area contributed by atoms with E-state index in [0.717, 1.165) is 10.2 Å². The van der Waals surface area contributed by atoms with Crippen LogP contribution in [0.15, 0.2) is 24.3 Å². The number of fused-ring (bicyclic) bond motifs is 1. The predicted molar refractivity (Wildman–Crippen MR) is 79.3 cm³/mol. The van der Waals surface area contributed by atoms with Crippen LogP contribution in [-0.2, 0) is 4.74 Å². The summed E-state index contributed by atoms with van der Waals surface area (Å²) in [7, 11) is 1.64. The van der Waals surface area contributed by atoms with Crippen LogP contribution in [0.25, 0.3) is 15.3 Å². The molecule has 1 aromatic carbocycles. The maximum atomic E-state index is 5.88. The minimum Gasteiger partial charge on any atom is -0.383 e. The quantitative estimate of drug-likeness (QED) is 0.692. The second-order valence-corrected chi connectivity index (χ2v) is 5.10. The minimum absolute atomic E-state index is 0.309. The molecule has 2 heterocycles. The highest BCUT2D eigenvalue weighted by atomic mass is 32.1. The van der Waals surface area contributed by atoms with Gasteiger partial charge in [-0.1, -0.05) is 23.5 Å². The lowest BCUT2D eigenvalue weighted by molar-refractivity contribution is 0.210. The third-order valence-corrected chi connectivity index (χ3v) is 3.70. The van der Waals surface area contributed by atoms with Crippen LogP contribution in [0, 0.1) is 0 Å². The summed E-state index contributed by atoms with van der Waals surface area (Å²) in [5.74, 6) is 0.780. The van der Waals surface area contributed by atoms with Gasteiger partial charge in [-0.25, -0.2) is 4.98 Å². The molecule has 3 aromatic rings. The highest BCUT2D eigenvalue weighted by Crippen LogP contribution is 2.25. The Morgan fingerprint density at radius 2 is 2.20 bits per heavy atom. The summed E-state index contributed by atoms with van der Waals surface area (Å²) in [6.07, 6.45) is 0. The number of hydrogen-bond donors (Lipinski definition) is 2. The van der Waals surface area contributed by atoms with Crippen LogP contribution >= 0.6 is 11.3 Å². The van der Waals surface area contributed by atoms with Gasteiger partial charge in [0.25, 0.3) is 0 Å². The lowest BCUT2D eigenvalue weighted by atomic mass is 10.3. The predicted octanol–water partition coefficient (Wildman–Crippen LogP) is 1.52. The highest BCUT2D eigenvalue weighted by molar-refractivity contribution is 7.20. The van der Waals surface area contributed by atoms with Crippen molar-refractivity contribution < 1.29 is 4.74 Å². The number of rotatable bonds is 5. The van der Waals surface area contributed by atoms with E-state index in [1.54, 1.807) is 11.8 Å². The molecule has 0 saturated heterocycles. The van der Waals surface area contributed by atoms with Gasteiger partial charge >= 0.3 is 0 Å². The first-order chi connectivity index (χ1) is 9.78. The molecule has 104 valence electrons. The van der Waals surface area contributed by atoms with E-state index in [9.17, 15) is 0 Å². The largest absolute Gasteiger partial charge is 0.383 e. The number of para-hydroxylation sites is 1. The van der Waals surface area contributed by atoms with E-state index in [4.69, 9.17) is 10.5 Å². The Morgan fingerprint density at radius 3 is 3.00 bits per heavy atom. The molecule has 0 spiro atoms. The number of ether oxygens (including phenoxy) is 1. The molecule has 7 nitrogen and oxygen atoms in total. The zero-order chi connectivity index (χ0) is 13.9. The topological polar surface area (TPSA) is 90.9 Å². The van der Waals surface area contributed by atoms with Crippen LogP contribution in [-0.4, -0.2) is 40.0 Å². The van der Waals surface area contributed by atoms with Crippen LogP contribution in [0.2, 0.25) is 0 Å². The summed E-state index contributed by atoms with van der Waals surface area (Å²) >= 11 is 1.52. The highest BCUT2D eigenvalue weighted by Gasteiger charge is 2.12. The average Bonchev–Trinajstić information content (AvgIpc) is 3.02. The van der Waals surface area contributed by atoms with Crippen LogP contribution in [0.4, 0.5) is 11.9 Å². The first-order valence-electron chi connectivity index (χ1n) is 6.09. The molecule has 0 saturated carbocycles. The van der Waals surface area contributed by atoms with Crippen molar-refractivity contribution in [2.45, 2.75) is 0 Å². The molecule has 0 aliphatic rings. The van der Waals surface area contributed by atoms with Gasteiger partial charge in [-0.15, -0.1) is 5.10 Å². The molecule has 0 aliphatic carbocycles. The van der Waals surface area contributed by atoms with Gasteiger partial charge in [0.1, 0.15) is 0 Å². The molecule has 0 amide bonds. The number of aromatic nitrogens is 4. The fourth-order valence-electron chi connectivity index (χ4n) is 1.76. The molecule has 3 N–H and O–H groups in total. The number of anilines is 2. The summed E-state index contributed by atoms with van der Waals surface area (Å²) in [6.45, 7) is 1.20. The van der Waals surface area contributed by atoms with Gasteiger partial charge in [0.05, 0.1) is 16.8 Å². The number of hydrogen-bond acceptors (Lipinski definition) is 7. The number of nitrogens with one attached hydrogen (secondary N) is 1. The number of methoxy groups -OCH3 is 1. The molecule has 0 atom stereocenters. The fourth-order valence-corrected chi connectivity index (χ4v) is 2.68. The van der Waals surface area contributed by atoms with E-state index in [1.807, 2.05) is 24.3 Å². The zero-order valence-electron chi connectivity index (χ0n) is 10.9. The standard InChI is InChI=1S/C12H14N6OS/c1-19-7-6-14-11-16-10(13)18(17-11)12-15-8-4-2-3-5-9(8)20-12/h2-5H,6-7H2,1H3,(H3,13,14,16,17). The molecule has 20 heavy (non-hydrogen) atoms. The summed E-state index contributed by atoms with van der Waals surface area (Å²) in [5, 5.41) is 8.05. The molecule has 8 heteroatoms. The Balaban J connectivity index is 1.89. The lowest BCUT2D eigenvalue weighted by Gasteiger charge is -1.98. The van der Waals surface area contributed by atoms with Crippen LogP contribution in [0.5, 0.6) is 0 Å². The van der Waals surface area contributed by atoms with Gasteiger partial charge in [-0.05, 0) is 12.1 Å². The third-order valence-electron chi connectivity index (χ3n) is 2.69. The van der Waals surface area contributed by atoms with Crippen molar-refractivity contribution in [3.63, 3.8) is 0 Å². The number of thiazole rings is 1. The van der Waals surface area contributed by atoms with Gasteiger partial charge in [0, 0.05) is 13.7 Å². The van der Waals surface area contributed by atoms with E-state index in [2.05, 4.69) is 20.4 Å². The monoisotopic (exact) mass is 290 g/mol. The maximum Gasteiger partial charge on any atom is 0.244 e. The van der Waals surface area contributed by atoms with Gasteiger partial charge in [-0.3, -0.25) is 0 Å². The van der Waals surface area contributed by atoms with Crippen molar-refractivity contribution in [1.82, 2.24) is 19.7 Å². The second-order valence-electron chi connectivity index (χ2n) is 4.09. The van der Waals surface area contributed by atoms with Crippen molar-refractivity contribution >= 4 is 33.5 Å². The van der Waals surface area contributed by atoms with Gasteiger partial charge < -0.3 is 15.8 Å². The average molecular weight is 290 g/mol. The molecule has 0 bridgehead atoms. The summed E-state index contributed by atoms with van der Waals surface area (Å²) in [6, 6.07) is 7.91. The van der Waals surface area contributed by atoms with E-state index in [-0.39, 0.29) is 0 Å². The van der Waals surface area contributed by atoms with Crippen molar-refractivity contribution in [3.8, 4) is 5.13 Å². The number of nitrogens with two attached hydrogens (primary N) is 1. The molecule has 0 aliphatic heterocycles. The normalized spacial score (nSPS) is 11.1. The third kappa shape index (κ3) is 2.43. The van der Waals surface area contributed by atoms with E-state index in [1.165, 1.54) is 11.3 Å².